The molecular weight excluding hydrogens is 585 g/mol. The molecule has 3 aromatic rings. The molecule has 1 aliphatic heterocycles. The fourth-order valence-electron chi connectivity index (χ4n) is 3.82. The monoisotopic (exact) mass is 622 g/mol. The maximum absolute atomic E-state index is 13.1. The van der Waals surface area contributed by atoms with Crippen molar-refractivity contribution in [3.8, 4) is 11.1 Å². The van der Waals surface area contributed by atoms with Crippen LogP contribution in [0.5, 0.6) is 0 Å². The molecule has 2 aromatic heterocycles. The molecule has 17 heteroatoms. The van der Waals surface area contributed by atoms with Gasteiger partial charge in [0.15, 0.2) is 6.23 Å². The smallest absolute Gasteiger partial charge is 0.333 e. The second kappa shape index (κ2) is 20.7. The molecular formula is C23H37N4O10P3. The number of hydrogen-bond acceptors (Lipinski definition) is 12. The number of nitrogens with two attached hydrogens (primary N) is 1. The largest absolute Gasteiger partial charge is 0.400 e. The van der Waals surface area contributed by atoms with Gasteiger partial charge in [0.1, 0.15) is 12.2 Å². The summed E-state index contributed by atoms with van der Waals surface area (Å²) in [6, 6.07) is 12.1. The summed E-state index contributed by atoms with van der Waals surface area (Å²) < 4.78 is 7.63. The molecule has 0 bridgehead atoms. The highest BCUT2D eigenvalue weighted by atomic mass is 31.0. The van der Waals surface area contributed by atoms with Crippen molar-refractivity contribution >= 4 is 34.1 Å². The Morgan fingerprint density at radius 2 is 1.57 bits per heavy atom. The van der Waals surface area contributed by atoms with Crippen LogP contribution in [-0.4, -0.2) is 81.3 Å². The van der Waals surface area contributed by atoms with Crippen molar-refractivity contribution in [2.75, 3.05) is 19.5 Å². The van der Waals surface area contributed by atoms with Gasteiger partial charge in [0, 0.05) is 37.9 Å². The fraction of sp³-hybridized carbons (Fsp3) is 0.348. The third-order valence-corrected chi connectivity index (χ3v) is 5.48. The van der Waals surface area contributed by atoms with Gasteiger partial charge in [-0.3, -0.25) is 18.9 Å². The van der Waals surface area contributed by atoms with E-state index < -0.39 is 35.8 Å². The summed E-state index contributed by atoms with van der Waals surface area (Å²) in [4.78, 5) is 50.5. The summed E-state index contributed by atoms with van der Waals surface area (Å²) in [5.41, 5.74) is 7.39. The van der Waals surface area contributed by atoms with Crippen LogP contribution in [0.2, 0.25) is 0 Å². The van der Waals surface area contributed by atoms with Crippen LogP contribution < -0.4 is 17.0 Å². The number of pyridine rings is 1. The van der Waals surface area contributed by atoms with E-state index in [1.165, 1.54) is 40.7 Å². The molecule has 4 rings (SSSR count). The molecule has 0 spiro atoms. The normalized spacial score (nSPS) is 18.9. The molecule has 0 amide bonds. The Balaban J connectivity index is 0.00000175. The van der Waals surface area contributed by atoms with Gasteiger partial charge < -0.3 is 45.6 Å². The van der Waals surface area contributed by atoms with E-state index in [2.05, 4.69) is 4.98 Å². The Kier molecular flexibility index (Phi) is 19.5. The van der Waals surface area contributed by atoms with Gasteiger partial charge in [-0.1, -0.05) is 12.1 Å². The van der Waals surface area contributed by atoms with Crippen LogP contribution in [0.15, 0.2) is 64.4 Å². The third-order valence-electron chi connectivity index (χ3n) is 5.48. The van der Waals surface area contributed by atoms with Gasteiger partial charge >= 0.3 is 5.69 Å². The minimum atomic E-state index is -1.39. The molecule has 1 aromatic carbocycles. The molecule has 7 unspecified atom stereocenters. The Bertz CT molecular complexity index is 1250. The molecule has 1 fully saturated rings. The van der Waals surface area contributed by atoms with Crippen LogP contribution in [-0.2, 0) is 11.3 Å². The molecule has 0 aliphatic carbocycles. The predicted octanol–water partition coefficient (Wildman–Crippen LogP) is -1.38. The summed E-state index contributed by atoms with van der Waals surface area (Å²) in [6.45, 7) is -0.343. The Hall–Kier alpha value is -2.18. The van der Waals surface area contributed by atoms with Gasteiger partial charge in [-0.05, 0) is 70.2 Å². The van der Waals surface area contributed by atoms with Crippen molar-refractivity contribution in [1.29, 1.82) is 0 Å². The van der Waals surface area contributed by atoms with Gasteiger partial charge in [-0.25, -0.2) is 4.79 Å². The van der Waals surface area contributed by atoms with Crippen LogP contribution in [0.3, 0.4) is 0 Å². The van der Waals surface area contributed by atoms with Crippen molar-refractivity contribution in [2.45, 2.75) is 37.5 Å². The van der Waals surface area contributed by atoms with Gasteiger partial charge in [0.2, 0.25) is 0 Å². The quantitative estimate of drug-likeness (QED) is 0.117. The molecule has 14 nitrogen and oxygen atoms in total. The minimum Gasteiger partial charge on any atom is -0.400 e. The topological polar surface area (TPSA) is 234 Å². The Labute approximate surface area is 237 Å². The summed E-state index contributed by atoms with van der Waals surface area (Å²) in [6.07, 6.45) is -1.77. The first kappa shape index (κ1) is 37.8. The Morgan fingerprint density at radius 3 is 2.17 bits per heavy atom. The lowest BCUT2D eigenvalue weighted by atomic mass is 10.1. The van der Waals surface area contributed by atoms with E-state index in [9.17, 15) is 19.8 Å². The summed E-state index contributed by atoms with van der Waals surface area (Å²) in [7, 11) is 5.25. The summed E-state index contributed by atoms with van der Waals surface area (Å²) >= 11 is 0. The fourth-order valence-corrected chi connectivity index (χ4v) is 3.82. The van der Waals surface area contributed by atoms with E-state index in [0.29, 0.717) is 11.4 Å². The van der Waals surface area contributed by atoms with Crippen molar-refractivity contribution in [3.63, 3.8) is 0 Å². The lowest BCUT2D eigenvalue weighted by Gasteiger charge is -2.18. The number of rotatable bonds is 6. The minimum absolute atomic E-state index is 0.0971. The molecule has 224 valence electrons. The van der Waals surface area contributed by atoms with E-state index in [-0.39, 0.29) is 19.6 Å². The molecule has 1 saturated heterocycles. The first-order valence-corrected chi connectivity index (χ1v) is 12.9. The van der Waals surface area contributed by atoms with Crippen LogP contribution >= 0.6 is 28.4 Å². The highest BCUT2D eigenvalue weighted by molar-refractivity contribution is 7.08. The molecule has 9 N–H and O–H groups in total. The van der Waals surface area contributed by atoms with Crippen molar-refractivity contribution < 1.29 is 39.8 Å². The first-order valence-electron chi connectivity index (χ1n) is 11.4. The van der Waals surface area contributed by atoms with Gasteiger partial charge in [-0.15, -0.1) is 0 Å². The number of nitrogens with zero attached hydrogens (tertiary/aromatic N) is 3. The van der Waals surface area contributed by atoms with E-state index in [0.717, 1.165) is 27.4 Å². The second-order valence-electron chi connectivity index (χ2n) is 7.65. The number of anilines is 1. The van der Waals surface area contributed by atoms with Gasteiger partial charge in [-0.2, -0.15) is 0 Å². The third kappa shape index (κ3) is 10.0. The predicted molar refractivity (Wildman–Crippen MR) is 160 cm³/mol. The SMILES string of the molecule is CO.Nc1cccc(-c2ccnc(Cn3c(=O)ccn(C4OC(CCO)C(O)C4O)c3=O)c2)c1.OP.OP.OP. The molecule has 1 aliphatic rings. The zero-order valence-electron chi connectivity index (χ0n) is 21.6. The van der Waals surface area contributed by atoms with E-state index in [1.807, 2.05) is 18.2 Å². The average Bonchev–Trinajstić information content (AvgIpc) is 3.28. The van der Waals surface area contributed by atoms with E-state index >= 15 is 0 Å². The highest BCUT2D eigenvalue weighted by Gasteiger charge is 2.43. The van der Waals surface area contributed by atoms with Crippen LogP contribution in [0.1, 0.15) is 18.3 Å². The van der Waals surface area contributed by atoms with Crippen LogP contribution in [0.4, 0.5) is 5.69 Å². The number of ether oxygens (including phenoxy) is 1. The molecule has 3 heterocycles. The van der Waals surface area contributed by atoms with Crippen LogP contribution in [0.25, 0.3) is 11.1 Å². The molecule has 40 heavy (non-hydrogen) atoms. The number of benzene rings is 1. The molecule has 7 atom stereocenters. The Morgan fingerprint density at radius 1 is 0.950 bits per heavy atom. The second-order valence-corrected chi connectivity index (χ2v) is 7.65. The van der Waals surface area contributed by atoms with E-state index in [4.69, 9.17) is 35.4 Å². The molecule has 0 saturated carbocycles. The van der Waals surface area contributed by atoms with Crippen molar-refractivity contribution in [2.24, 2.45) is 0 Å². The lowest BCUT2D eigenvalue weighted by molar-refractivity contribution is -0.0458. The standard InChI is InChI=1S/C22H24N4O6.CH4O.3H3OP/c23-15-3-1-2-13(10-15)14-4-7-24-16(11-14)12-26-18(28)5-8-25(22(26)31)21-20(30)19(29)17(32-21)6-9-27;4*1-2/h1-5,7-8,10-11,17,19-21,27,29-30H,6,9,12,23H2;2H,1H3;3*1H,2H2. The number of aliphatic hydroxyl groups excluding tert-OH is 4. The number of aromatic nitrogens is 3. The van der Waals surface area contributed by atoms with Gasteiger partial charge in [0.05, 0.1) is 18.3 Å². The maximum atomic E-state index is 13.1. The number of hydrogen-bond donors (Lipinski definition) is 8. The maximum Gasteiger partial charge on any atom is 0.333 e. The summed E-state index contributed by atoms with van der Waals surface area (Å²) in [5, 5.41) is 36.6. The number of aliphatic hydroxyl groups is 4. The van der Waals surface area contributed by atoms with Gasteiger partial charge in [0.25, 0.3) is 5.56 Å². The van der Waals surface area contributed by atoms with Crippen LogP contribution in [0, 0.1) is 0 Å². The molecule has 0 radical (unpaired) electrons. The highest BCUT2D eigenvalue weighted by Crippen LogP contribution is 2.29. The summed E-state index contributed by atoms with van der Waals surface area (Å²) in [5.74, 6) is 0. The lowest BCUT2D eigenvalue weighted by Crippen LogP contribution is -2.43. The van der Waals surface area contributed by atoms with Crippen molar-refractivity contribution in [3.05, 3.63) is 81.4 Å². The van der Waals surface area contributed by atoms with E-state index in [1.54, 1.807) is 24.4 Å². The zero-order valence-corrected chi connectivity index (χ0v) is 25.1. The first-order chi connectivity index (χ1) is 19.4. The van der Waals surface area contributed by atoms with Crippen molar-refractivity contribution in [1.82, 2.24) is 14.1 Å². The average molecular weight is 622 g/mol. The zero-order chi connectivity index (χ0) is 30.8. The number of nitrogen functional groups attached to an aromatic ring is 1.